The van der Waals surface area contributed by atoms with E-state index in [0.717, 1.165) is 24.3 Å². The van der Waals surface area contributed by atoms with Gasteiger partial charge in [-0.3, -0.25) is 4.98 Å². The van der Waals surface area contributed by atoms with E-state index >= 15 is 0 Å². The Morgan fingerprint density at radius 1 is 1.47 bits per heavy atom. The lowest BCUT2D eigenvalue weighted by molar-refractivity contribution is -0.0800. The lowest BCUT2D eigenvalue weighted by Gasteiger charge is -2.38. The molecule has 2 rings (SSSR count). The van der Waals surface area contributed by atoms with Crippen molar-refractivity contribution in [2.75, 3.05) is 6.54 Å². The van der Waals surface area contributed by atoms with Gasteiger partial charge in [-0.15, -0.1) is 0 Å². The minimum absolute atomic E-state index is 0.0949. The molecule has 3 nitrogen and oxygen atoms in total. The molecule has 0 aromatic carbocycles. The fraction of sp³-hybridized carbons (Fsp3) is 0.643. The molecule has 1 aromatic heterocycles. The first-order chi connectivity index (χ1) is 8.24. The molecule has 1 fully saturated rings. The van der Waals surface area contributed by atoms with Crippen LogP contribution in [0.1, 0.15) is 38.2 Å². The summed E-state index contributed by atoms with van der Waals surface area (Å²) in [5.41, 5.74) is 6.94. The molecule has 17 heavy (non-hydrogen) atoms. The molecule has 1 saturated carbocycles. The average molecular weight is 234 g/mol. The van der Waals surface area contributed by atoms with Crippen molar-refractivity contribution in [3.63, 3.8) is 0 Å². The van der Waals surface area contributed by atoms with Crippen molar-refractivity contribution in [2.45, 2.75) is 44.8 Å². The monoisotopic (exact) mass is 234 g/mol. The van der Waals surface area contributed by atoms with Crippen molar-refractivity contribution < 1.29 is 4.74 Å². The third-order valence-electron chi connectivity index (χ3n) is 3.83. The molecule has 0 radical (unpaired) electrons. The summed E-state index contributed by atoms with van der Waals surface area (Å²) in [6.45, 7) is 3.56. The third-order valence-corrected chi connectivity index (χ3v) is 3.83. The molecule has 1 heterocycles. The number of pyridine rings is 1. The molecule has 1 aliphatic rings. The minimum Gasteiger partial charge on any atom is -0.369 e. The predicted octanol–water partition coefficient (Wildman–Crippen LogP) is 2.51. The number of ether oxygens (including phenoxy) is 1. The normalized spacial score (nSPS) is 29.2. The molecule has 0 saturated heterocycles. The van der Waals surface area contributed by atoms with Gasteiger partial charge in [0.1, 0.15) is 0 Å². The summed E-state index contributed by atoms with van der Waals surface area (Å²) in [4.78, 5) is 4.10. The lowest BCUT2D eigenvalue weighted by Crippen LogP contribution is -2.43. The van der Waals surface area contributed by atoms with Crippen LogP contribution in [0.4, 0.5) is 0 Å². The summed E-state index contributed by atoms with van der Waals surface area (Å²) in [5, 5.41) is 0. The first kappa shape index (κ1) is 12.5. The molecular formula is C14H22N2O. The maximum Gasteiger partial charge on any atom is 0.0808 e. The van der Waals surface area contributed by atoms with Gasteiger partial charge in [-0.25, -0.2) is 0 Å². The van der Waals surface area contributed by atoms with E-state index in [1.54, 1.807) is 6.20 Å². The van der Waals surface area contributed by atoms with E-state index in [9.17, 15) is 0 Å². The zero-order chi connectivity index (χ0) is 12.1. The molecular weight excluding hydrogens is 212 g/mol. The van der Waals surface area contributed by atoms with Gasteiger partial charge >= 0.3 is 0 Å². The van der Waals surface area contributed by atoms with E-state index < -0.39 is 0 Å². The van der Waals surface area contributed by atoms with Gasteiger partial charge in [-0.05, 0) is 43.2 Å². The van der Waals surface area contributed by atoms with Crippen LogP contribution in [0.2, 0.25) is 0 Å². The van der Waals surface area contributed by atoms with Gasteiger partial charge < -0.3 is 10.5 Å². The van der Waals surface area contributed by atoms with E-state index in [1.807, 2.05) is 18.3 Å². The quantitative estimate of drug-likeness (QED) is 0.870. The Balaban J connectivity index is 1.91. The van der Waals surface area contributed by atoms with Crippen molar-refractivity contribution in [3.05, 3.63) is 30.1 Å². The predicted molar refractivity (Wildman–Crippen MR) is 68.4 cm³/mol. The van der Waals surface area contributed by atoms with Gasteiger partial charge in [-0.2, -0.15) is 0 Å². The largest absolute Gasteiger partial charge is 0.369 e. The Kier molecular flexibility index (Phi) is 4.13. The molecule has 3 heteroatoms. The van der Waals surface area contributed by atoms with Gasteiger partial charge in [0.15, 0.2) is 0 Å². The second kappa shape index (κ2) is 5.61. The number of aromatic nitrogens is 1. The van der Waals surface area contributed by atoms with Crippen molar-refractivity contribution in [1.29, 1.82) is 0 Å². The average Bonchev–Trinajstić information content (AvgIpc) is 2.40. The molecule has 2 N–H and O–H groups in total. The van der Waals surface area contributed by atoms with Crippen LogP contribution in [0.3, 0.4) is 0 Å². The third kappa shape index (κ3) is 3.27. The zero-order valence-corrected chi connectivity index (χ0v) is 10.6. The highest BCUT2D eigenvalue weighted by molar-refractivity contribution is 5.07. The first-order valence-corrected chi connectivity index (χ1v) is 6.47. The van der Waals surface area contributed by atoms with Crippen LogP contribution >= 0.6 is 0 Å². The van der Waals surface area contributed by atoms with Crippen molar-refractivity contribution in [1.82, 2.24) is 4.98 Å². The highest BCUT2D eigenvalue weighted by Gasteiger charge is 2.33. The van der Waals surface area contributed by atoms with Gasteiger partial charge in [0.05, 0.1) is 12.2 Å². The van der Waals surface area contributed by atoms with Gasteiger partial charge in [-0.1, -0.05) is 13.0 Å². The smallest absolute Gasteiger partial charge is 0.0808 e. The van der Waals surface area contributed by atoms with Crippen LogP contribution in [-0.4, -0.2) is 17.1 Å². The highest BCUT2D eigenvalue weighted by atomic mass is 16.5. The van der Waals surface area contributed by atoms with Crippen molar-refractivity contribution in [3.8, 4) is 0 Å². The summed E-state index contributed by atoms with van der Waals surface area (Å²) in [6, 6.07) is 3.99. The Morgan fingerprint density at radius 2 is 2.24 bits per heavy atom. The molecule has 1 aromatic rings. The van der Waals surface area contributed by atoms with Crippen LogP contribution in [0.15, 0.2) is 24.5 Å². The van der Waals surface area contributed by atoms with Crippen molar-refractivity contribution in [2.24, 2.45) is 11.7 Å². The van der Waals surface area contributed by atoms with Crippen molar-refractivity contribution >= 4 is 0 Å². The number of hydrogen-bond acceptors (Lipinski definition) is 3. The fourth-order valence-corrected chi connectivity index (χ4v) is 2.42. The zero-order valence-electron chi connectivity index (χ0n) is 10.6. The molecule has 0 unspecified atom stereocenters. The Hall–Kier alpha value is -0.930. The summed E-state index contributed by atoms with van der Waals surface area (Å²) < 4.78 is 6.09. The molecule has 94 valence electrons. The summed E-state index contributed by atoms with van der Waals surface area (Å²) in [5.74, 6) is 0.816. The number of rotatable bonds is 4. The molecule has 0 bridgehead atoms. The van der Waals surface area contributed by atoms with E-state index in [1.165, 1.54) is 12.8 Å². The SMILES string of the molecule is CC1CCC(CN)(OCc2cccnc2)CC1. The number of hydrogen-bond donors (Lipinski definition) is 1. The van der Waals surface area contributed by atoms with Crippen LogP contribution < -0.4 is 5.73 Å². The second-order valence-electron chi connectivity index (χ2n) is 5.22. The molecule has 0 aliphatic heterocycles. The number of nitrogens with zero attached hydrogens (tertiary/aromatic N) is 1. The van der Waals surface area contributed by atoms with E-state index in [4.69, 9.17) is 10.5 Å². The minimum atomic E-state index is -0.0949. The summed E-state index contributed by atoms with van der Waals surface area (Å²) >= 11 is 0. The Bertz CT molecular complexity index is 331. The molecule has 0 spiro atoms. The van der Waals surface area contributed by atoms with Gasteiger partial charge in [0.2, 0.25) is 0 Å². The Labute approximate surface area is 103 Å². The van der Waals surface area contributed by atoms with Gasteiger partial charge in [0, 0.05) is 18.9 Å². The summed E-state index contributed by atoms with van der Waals surface area (Å²) in [6.07, 6.45) is 8.27. The number of nitrogens with two attached hydrogens (primary N) is 1. The Morgan fingerprint density at radius 3 is 2.82 bits per heavy atom. The maximum absolute atomic E-state index is 6.09. The van der Waals surface area contributed by atoms with Crippen LogP contribution in [0.5, 0.6) is 0 Å². The second-order valence-corrected chi connectivity index (χ2v) is 5.22. The van der Waals surface area contributed by atoms with E-state index in [0.29, 0.717) is 13.2 Å². The topological polar surface area (TPSA) is 48.1 Å². The molecule has 0 atom stereocenters. The van der Waals surface area contributed by atoms with E-state index in [2.05, 4.69) is 11.9 Å². The standard InChI is InChI=1S/C14H22N2O/c1-12-4-6-14(11-15,7-5-12)17-10-13-3-2-8-16-9-13/h2-3,8-9,12H,4-7,10-11,15H2,1H3. The first-order valence-electron chi connectivity index (χ1n) is 6.47. The summed E-state index contributed by atoms with van der Waals surface area (Å²) in [7, 11) is 0. The molecule has 1 aliphatic carbocycles. The lowest BCUT2D eigenvalue weighted by atomic mass is 9.79. The van der Waals surface area contributed by atoms with Crippen LogP contribution in [0.25, 0.3) is 0 Å². The van der Waals surface area contributed by atoms with Crippen LogP contribution in [-0.2, 0) is 11.3 Å². The van der Waals surface area contributed by atoms with Gasteiger partial charge in [0.25, 0.3) is 0 Å². The van der Waals surface area contributed by atoms with Crippen LogP contribution in [0, 0.1) is 5.92 Å². The highest BCUT2D eigenvalue weighted by Crippen LogP contribution is 2.34. The maximum atomic E-state index is 6.09. The van der Waals surface area contributed by atoms with E-state index in [-0.39, 0.29) is 5.60 Å². The molecule has 0 amide bonds. The fourth-order valence-electron chi connectivity index (χ4n) is 2.42.